The lowest BCUT2D eigenvalue weighted by Crippen LogP contribution is -2.25. The molecule has 0 aromatic heterocycles. The molecule has 90 valence electrons. The molecule has 0 aromatic carbocycles. The number of hydrogen-bond acceptors (Lipinski definition) is 3. The third-order valence-corrected chi connectivity index (χ3v) is 2.11. The summed E-state index contributed by atoms with van der Waals surface area (Å²) in [6.45, 7) is 2.51. The van der Waals surface area contributed by atoms with Gasteiger partial charge in [0.05, 0.1) is 0 Å². The highest BCUT2D eigenvalue weighted by molar-refractivity contribution is 5.75. The highest BCUT2D eigenvalue weighted by Gasteiger charge is 2.00. The first-order valence-electron chi connectivity index (χ1n) is 5.57. The number of ether oxygens (including phenoxy) is 1. The van der Waals surface area contributed by atoms with Crippen LogP contribution in [0.25, 0.3) is 0 Å². The van der Waals surface area contributed by atoms with Gasteiger partial charge in [0, 0.05) is 26.7 Å². The van der Waals surface area contributed by atoms with Crippen LogP contribution in [0.3, 0.4) is 0 Å². The Balaban J connectivity index is 3.19. The van der Waals surface area contributed by atoms with Crippen molar-refractivity contribution in [1.82, 2.24) is 10.2 Å². The lowest BCUT2D eigenvalue weighted by Gasteiger charge is -2.09. The molecule has 0 atom stereocenters. The van der Waals surface area contributed by atoms with Gasteiger partial charge in [-0.15, -0.1) is 0 Å². The quantitative estimate of drug-likeness (QED) is 0.582. The molecule has 0 aromatic rings. The van der Waals surface area contributed by atoms with Crippen LogP contribution in [0.2, 0.25) is 0 Å². The Labute approximate surface area is 93.0 Å². The van der Waals surface area contributed by atoms with E-state index >= 15 is 0 Å². The van der Waals surface area contributed by atoms with E-state index < -0.39 is 0 Å². The van der Waals surface area contributed by atoms with E-state index in [1.54, 1.807) is 7.11 Å². The SMILES string of the molecule is COCCCCNC(=O)CCCN(C)C. The van der Waals surface area contributed by atoms with Crippen LogP contribution < -0.4 is 5.32 Å². The predicted molar refractivity (Wildman–Crippen MR) is 61.9 cm³/mol. The van der Waals surface area contributed by atoms with Gasteiger partial charge >= 0.3 is 0 Å². The Kier molecular flexibility index (Phi) is 9.52. The van der Waals surface area contributed by atoms with E-state index in [0.717, 1.165) is 39.0 Å². The minimum absolute atomic E-state index is 0.161. The molecule has 4 heteroatoms. The van der Waals surface area contributed by atoms with Gasteiger partial charge in [0.2, 0.25) is 5.91 Å². The molecule has 0 heterocycles. The summed E-state index contributed by atoms with van der Waals surface area (Å²) in [6, 6.07) is 0. The largest absolute Gasteiger partial charge is 0.385 e. The van der Waals surface area contributed by atoms with Crippen molar-refractivity contribution in [3.8, 4) is 0 Å². The predicted octanol–water partition coefficient (Wildman–Crippen LogP) is 0.871. The number of hydrogen-bond donors (Lipinski definition) is 1. The van der Waals surface area contributed by atoms with Crippen molar-refractivity contribution in [3.05, 3.63) is 0 Å². The first kappa shape index (κ1) is 14.4. The molecule has 4 nitrogen and oxygen atoms in total. The highest BCUT2D eigenvalue weighted by Crippen LogP contribution is 1.92. The molecule has 0 aliphatic carbocycles. The normalized spacial score (nSPS) is 10.7. The maximum atomic E-state index is 11.3. The second-order valence-electron chi connectivity index (χ2n) is 3.96. The number of methoxy groups -OCH3 is 1. The van der Waals surface area contributed by atoms with E-state index in [0.29, 0.717) is 6.42 Å². The van der Waals surface area contributed by atoms with Crippen LogP contribution in [0.15, 0.2) is 0 Å². The van der Waals surface area contributed by atoms with Gasteiger partial charge < -0.3 is 15.0 Å². The van der Waals surface area contributed by atoms with Crippen LogP contribution in [0.4, 0.5) is 0 Å². The number of nitrogens with zero attached hydrogens (tertiary/aromatic N) is 1. The average molecular weight is 216 g/mol. The standard InChI is InChI=1S/C11H24N2O2/c1-13(2)9-6-7-11(14)12-8-4-5-10-15-3/h4-10H2,1-3H3,(H,12,14). The number of carbonyl (C=O) groups is 1. The van der Waals surface area contributed by atoms with E-state index in [-0.39, 0.29) is 5.91 Å². The zero-order chi connectivity index (χ0) is 11.5. The van der Waals surface area contributed by atoms with Gasteiger partial charge in [0.1, 0.15) is 0 Å². The first-order valence-corrected chi connectivity index (χ1v) is 5.57. The summed E-state index contributed by atoms with van der Waals surface area (Å²) in [5.74, 6) is 0.161. The van der Waals surface area contributed by atoms with Crippen molar-refractivity contribution in [2.75, 3.05) is 40.9 Å². The smallest absolute Gasteiger partial charge is 0.220 e. The fraction of sp³-hybridized carbons (Fsp3) is 0.909. The third-order valence-electron chi connectivity index (χ3n) is 2.11. The second-order valence-corrected chi connectivity index (χ2v) is 3.96. The maximum Gasteiger partial charge on any atom is 0.220 e. The van der Waals surface area contributed by atoms with Crippen molar-refractivity contribution in [3.63, 3.8) is 0 Å². The van der Waals surface area contributed by atoms with Gasteiger partial charge in [-0.2, -0.15) is 0 Å². The monoisotopic (exact) mass is 216 g/mol. The van der Waals surface area contributed by atoms with E-state index in [2.05, 4.69) is 10.2 Å². The van der Waals surface area contributed by atoms with Crippen LogP contribution >= 0.6 is 0 Å². The van der Waals surface area contributed by atoms with Gasteiger partial charge in [0.25, 0.3) is 0 Å². The molecule has 0 aliphatic rings. The second kappa shape index (κ2) is 9.93. The lowest BCUT2D eigenvalue weighted by atomic mass is 10.2. The molecular weight excluding hydrogens is 192 g/mol. The van der Waals surface area contributed by atoms with Gasteiger partial charge in [-0.25, -0.2) is 0 Å². The van der Waals surface area contributed by atoms with Gasteiger partial charge in [-0.1, -0.05) is 0 Å². The minimum Gasteiger partial charge on any atom is -0.385 e. The summed E-state index contributed by atoms with van der Waals surface area (Å²) in [4.78, 5) is 13.4. The number of unbranched alkanes of at least 4 members (excludes halogenated alkanes) is 1. The van der Waals surface area contributed by atoms with Crippen molar-refractivity contribution in [2.24, 2.45) is 0 Å². The Morgan fingerprint density at radius 1 is 1.27 bits per heavy atom. The summed E-state index contributed by atoms with van der Waals surface area (Å²) in [7, 11) is 5.73. The molecule has 15 heavy (non-hydrogen) atoms. The van der Waals surface area contributed by atoms with Crippen LogP contribution in [0.5, 0.6) is 0 Å². The van der Waals surface area contributed by atoms with Crippen LogP contribution in [-0.4, -0.2) is 51.7 Å². The number of amides is 1. The van der Waals surface area contributed by atoms with Gasteiger partial charge in [-0.05, 0) is 39.9 Å². The molecule has 0 saturated heterocycles. The Bertz CT molecular complexity index is 161. The molecule has 0 rings (SSSR count). The zero-order valence-electron chi connectivity index (χ0n) is 10.2. The number of carbonyl (C=O) groups excluding carboxylic acids is 1. The molecule has 0 saturated carbocycles. The van der Waals surface area contributed by atoms with Crippen molar-refractivity contribution in [1.29, 1.82) is 0 Å². The molecule has 0 spiro atoms. The topological polar surface area (TPSA) is 41.6 Å². The summed E-state index contributed by atoms with van der Waals surface area (Å²) in [6.07, 6.45) is 3.56. The Hall–Kier alpha value is -0.610. The fourth-order valence-corrected chi connectivity index (χ4v) is 1.24. The zero-order valence-corrected chi connectivity index (χ0v) is 10.2. The van der Waals surface area contributed by atoms with Crippen molar-refractivity contribution < 1.29 is 9.53 Å². The summed E-state index contributed by atoms with van der Waals surface area (Å²) in [5, 5.41) is 2.90. The Morgan fingerprint density at radius 3 is 2.60 bits per heavy atom. The molecule has 1 N–H and O–H groups in total. The minimum atomic E-state index is 0.161. The van der Waals surface area contributed by atoms with E-state index in [9.17, 15) is 4.79 Å². The molecule has 0 aliphatic heterocycles. The molecule has 0 radical (unpaired) electrons. The Morgan fingerprint density at radius 2 is 2.00 bits per heavy atom. The molecule has 1 amide bonds. The number of nitrogens with one attached hydrogen (secondary N) is 1. The molecule has 0 bridgehead atoms. The molecule has 0 unspecified atom stereocenters. The lowest BCUT2D eigenvalue weighted by molar-refractivity contribution is -0.121. The fourth-order valence-electron chi connectivity index (χ4n) is 1.24. The number of rotatable bonds is 9. The van der Waals surface area contributed by atoms with Gasteiger partial charge in [0.15, 0.2) is 0 Å². The van der Waals surface area contributed by atoms with E-state index in [1.165, 1.54) is 0 Å². The van der Waals surface area contributed by atoms with E-state index in [1.807, 2.05) is 14.1 Å². The van der Waals surface area contributed by atoms with Gasteiger partial charge in [-0.3, -0.25) is 4.79 Å². The summed E-state index contributed by atoms with van der Waals surface area (Å²) >= 11 is 0. The van der Waals surface area contributed by atoms with E-state index in [4.69, 9.17) is 4.74 Å². The summed E-state index contributed by atoms with van der Waals surface area (Å²) in [5.41, 5.74) is 0. The third kappa shape index (κ3) is 11.3. The maximum absolute atomic E-state index is 11.3. The summed E-state index contributed by atoms with van der Waals surface area (Å²) < 4.78 is 4.92. The molecule has 0 fully saturated rings. The first-order chi connectivity index (χ1) is 7.16. The van der Waals surface area contributed by atoms with Crippen molar-refractivity contribution in [2.45, 2.75) is 25.7 Å². The molecular formula is C11H24N2O2. The van der Waals surface area contributed by atoms with Crippen molar-refractivity contribution >= 4 is 5.91 Å². The van der Waals surface area contributed by atoms with Crippen LogP contribution in [0.1, 0.15) is 25.7 Å². The van der Waals surface area contributed by atoms with Crippen LogP contribution in [0, 0.1) is 0 Å². The average Bonchev–Trinajstić information content (AvgIpc) is 2.17. The van der Waals surface area contributed by atoms with Crippen LogP contribution in [-0.2, 0) is 9.53 Å². The highest BCUT2D eigenvalue weighted by atomic mass is 16.5.